The van der Waals surface area contributed by atoms with Crippen LogP contribution in [0, 0.1) is 0 Å². The molecule has 4 heterocycles. The maximum Gasteiger partial charge on any atom is 0.267 e. The average molecular weight is 284 g/mol. The number of carbonyl (C=O) groups is 1. The van der Waals surface area contributed by atoms with E-state index < -0.39 is 5.91 Å². The van der Waals surface area contributed by atoms with Crippen molar-refractivity contribution in [3.8, 4) is 11.1 Å². The van der Waals surface area contributed by atoms with E-state index in [0.717, 1.165) is 36.1 Å². The van der Waals surface area contributed by atoms with Gasteiger partial charge < -0.3 is 10.5 Å². The average Bonchev–Trinajstić information content (AvgIpc) is 3.05. The summed E-state index contributed by atoms with van der Waals surface area (Å²) in [5, 5.41) is 4.22. The summed E-state index contributed by atoms with van der Waals surface area (Å²) in [5.41, 5.74) is 9.76. The van der Waals surface area contributed by atoms with Crippen LogP contribution in [0.2, 0.25) is 0 Å². The van der Waals surface area contributed by atoms with Crippen molar-refractivity contribution in [1.29, 1.82) is 0 Å². The second-order valence-corrected chi connectivity index (χ2v) is 5.71. The topological polar surface area (TPSA) is 83.0 Å². The number of aromatic nitrogens is 3. The summed E-state index contributed by atoms with van der Waals surface area (Å²) in [6.45, 7) is 0. The number of pyridine rings is 1. The van der Waals surface area contributed by atoms with Gasteiger partial charge in [0.05, 0.1) is 18.0 Å². The minimum Gasteiger partial charge on any atom is -0.368 e. The number of aryl methyl sites for hydroxylation is 1. The van der Waals surface area contributed by atoms with Gasteiger partial charge in [0.1, 0.15) is 11.8 Å². The molecule has 2 aliphatic rings. The van der Waals surface area contributed by atoms with Crippen LogP contribution in [0.1, 0.15) is 40.7 Å². The number of nitrogens with two attached hydrogens (primary N) is 1. The van der Waals surface area contributed by atoms with E-state index in [-0.39, 0.29) is 12.2 Å². The lowest BCUT2D eigenvalue weighted by Gasteiger charge is -2.25. The van der Waals surface area contributed by atoms with Crippen LogP contribution in [0.25, 0.3) is 11.1 Å². The zero-order chi connectivity index (χ0) is 14.6. The molecule has 6 heteroatoms. The number of hydrogen-bond acceptors (Lipinski definition) is 4. The Bertz CT molecular complexity index is 737. The third kappa shape index (κ3) is 1.94. The van der Waals surface area contributed by atoms with Gasteiger partial charge in [0.25, 0.3) is 5.91 Å². The minimum atomic E-state index is -0.511. The van der Waals surface area contributed by atoms with E-state index in [0.29, 0.717) is 5.69 Å². The van der Waals surface area contributed by atoms with Crippen LogP contribution in [0.3, 0.4) is 0 Å². The van der Waals surface area contributed by atoms with E-state index in [2.05, 4.69) is 10.1 Å². The van der Waals surface area contributed by atoms with Crippen molar-refractivity contribution in [2.24, 2.45) is 12.8 Å². The maximum absolute atomic E-state index is 11.6. The standard InChI is InChI=1S/C15H16N4O2/c1-19-7-8(6-17-19)10-5-12(15(16)20)18-14-11(10)4-9-2-3-13(14)21-9/h5-7,9,13H,2-4H2,1H3,(H2,16,20)/t9-,13+/m0/s1. The number of primary amides is 1. The summed E-state index contributed by atoms with van der Waals surface area (Å²) < 4.78 is 7.67. The van der Waals surface area contributed by atoms with Crippen LogP contribution >= 0.6 is 0 Å². The van der Waals surface area contributed by atoms with Gasteiger partial charge in [-0.05, 0) is 30.0 Å². The molecule has 2 aromatic rings. The maximum atomic E-state index is 11.6. The second-order valence-electron chi connectivity index (χ2n) is 5.71. The van der Waals surface area contributed by atoms with E-state index in [4.69, 9.17) is 10.5 Å². The highest BCUT2D eigenvalue weighted by atomic mass is 16.5. The van der Waals surface area contributed by atoms with Gasteiger partial charge in [-0.1, -0.05) is 0 Å². The predicted octanol–water partition coefficient (Wildman–Crippen LogP) is 1.36. The molecule has 2 N–H and O–H groups in total. The lowest BCUT2D eigenvalue weighted by Crippen LogP contribution is -2.23. The highest BCUT2D eigenvalue weighted by Gasteiger charge is 2.37. The first kappa shape index (κ1) is 12.5. The zero-order valence-electron chi connectivity index (χ0n) is 11.7. The van der Waals surface area contributed by atoms with Crippen LogP contribution in [-0.4, -0.2) is 26.8 Å². The third-order valence-corrected chi connectivity index (χ3v) is 4.27. The smallest absolute Gasteiger partial charge is 0.267 e. The summed E-state index contributed by atoms with van der Waals surface area (Å²) in [4.78, 5) is 16.0. The van der Waals surface area contributed by atoms with Gasteiger partial charge in [0, 0.05) is 25.2 Å². The predicted molar refractivity (Wildman–Crippen MR) is 75.5 cm³/mol. The molecule has 2 bridgehead atoms. The van der Waals surface area contributed by atoms with E-state index in [1.807, 2.05) is 13.2 Å². The summed E-state index contributed by atoms with van der Waals surface area (Å²) in [7, 11) is 1.87. The first-order valence-electron chi connectivity index (χ1n) is 7.10. The summed E-state index contributed by atoms with van der Waals surface area (Å²) >= 11 is 0. The monoisotopic (exact) mass is 284 g/mol. The first-order valence-corrected chi connectivity index (χ1v) is 7.10. The molecule has 0 aliphatic carbocycles. The fraction of sp³-hybridized carbons (Fsp3) is 0.400. The molecular weight excluding hydrogens is 268 g/mol. The SMILES string of the molecule is Cn1cc(-c2cc(C(N)=O)nc3c2C[C@@H]2CC[C@H]3O2)cn1. The molecule has 2 aromatic heterocycles. The Morgan fingerprint density at radius 2 is 2.33 bits per heavy atom. The second kappa shape index (κ2) is 4.39. The number of ether oxygens (including phenoxy) is 1. The molecule has 0 saturated carbocycles. The third-order valence-electron chi connectivity index (χ3n) is 4.27. The zero-order valence-corrected chi connectivity index (χ0v) is 11.7. The number of nitrogens with zero attached hydrogens (tertiary/aromatic N) is 3. The Hall–Kier alpha value is -2.21. The minimum absolute atomic E-state index is 0.00604. The lowest BCUT2D eigenvalue weighted by atomic mass is 9.94. The van der Waals surface area contributed by atoms with Crippen molar-refractivity contribution in [2.75, 3.05) is 0 Å². The van der Waals surface area contributed by atoms with Crippen LogP contribution in [0.4, 0.5) is 0 Å². The lowest BCUT2D eigenvalue weighted by molar-refractivity contribution is 0.0295. The normalized spacial score (nSPS) is 23.1. The van der Waals surface area contributed by atoms with Crippen LogP contribution in [-0.2, 0) is 18.2 Å². The highest BCUT2D eigenvalue weighted by molar-refractivity contribution is 5.92. The Morgan fingerprint density at radius 3 is 3.05 bits per heavy atom. The number of rotatable bonds is 2. The Labute approximate surface area is 121 Å². The van der Waals surface area contributed by atoms with Crippen molar-refractivity contribution >= 4 is 5.91 Å². The van der Waals surface area contributed by atoms with Crippen molar-refractivity contribution in [3.05, 3.63) is 35.4 Å². The number of hydrogen-bond donors (Lipinski definition) is 1. The van der Waals surface area contributed by atoms with Crippen molar-refractivity contribution in [1.82, 2.24) is 14.8 Å². The molecule has 108 valence electrons. The summed E-state index contributed by atoms with van der Waals surface area (Å²) in [6.07, 6.45) is 6.84. The molecule has 0 aromatic carbocycles. The van der Waals surface area contributed by atoms with Crippen LogP contribution in [0.5, 0.6) is 0 Å². The molecule has 1 amide bonds. The van der Waals surface area contributed by atoms with Gasteiger partial charge in [-0.25, -0.2) is 4.98 Å². The molecule has 1 fully saturated rings. The molecule has 2 aliphatic heterocycles. The Balaban J connectivity index is 1.95. The number of carbonyl (C=O) groups excluding carboxylic acids is 1. The van der Waals surface area contributed by atoms with Crippen LogP contribution < -0.4 is 5.73 Å². The van der Waals surface area contributed by atoms with Crippen LogP contribution in [0.15, 0.2) is 18.5 Å². The van der Waals surface area contributed by atoms with Gasteiger partial charge in [-0.3, -0.25) is 9.48 Å². The molecular formula is C15H16N4O2. The van der Waals surface area contributed by atoms with Gasteiger partial charge in [-0.15, -0.1) is 0 Å². The molecule has 21 heavy (non-hydrogen) atoms. The molecule has 0 unspecified atom stereocenters. The number of fused-ring (bicyclic) bond motifs is 4. The molecule has 2 atom stereocenters. The van der Waals surface area contributed by atoms with Crippen molar-refractivity contribution in [3.63, 3.8) is 0 Å². The first-order chi connectivity index (χ1) is 10.1. The largest absolute Gasteiger partial charge is 0.368 e. The van der Waals surface area contributed by atoms with Crippen molar-refractivity contribution in [2.45, 2.75) is 31.5 Å². The Morgan fingerprint density at radius 1 is 1.48 bits per heavy atom. The van der Waals surface area contributed by atoms with Gasteiger partial charge in [0.2, 0.25) is 0 Å². The van der Waals surface area contributed by atoms with Gasteiger partial charge in [-0.2, -0.15) is 5.10 Å². The molecule has 6 nitrogen and oxygen atoms in total. The molecule has 0 radical (unpaired) electrons. The van der Waals surface area contributed by atoms with E-state index in [9.17, 15) is 4.79 Å². The highest BCUT2D eigenvalue weighted by Crippen LogP contribution is 2.43. The quantitative estimate of drug-likeness (QED) is 0.902. The summed E-state index contributed by atoms with van der Waals surface area (Å²) in [5.74, 6) is -0.511. The molecule has 1 saturated heterocycles. The van der Waals surface area contributed by atoms with E-state index in [1.54, 1.807) is 16.9 Å². The fourth-order valence-electron chi connectivity index (χ4n) is 3.30. The fourth-order valence-corrected chi connectivity index (χ4v) is 3.30. The summed E-state index contributed by atoms with van der Waals surface area (Å²) in [6, 6.07) is 1.78. The molecule has 0 spiro atoms. The van der Waals surface area contributed by atoms with Gasteiger partial charge in [0.15, 0.2) is 0 Å². The van der Waals surface area contributed by atoms with Gasteiger partial charge >= 0.3 is 0 Å². The Kier molecular flexibility index (Phi) is 2.62. The number of amides is 1. The van der Waals surface area contributed by atoms with E-state index in [1.165, 1.54) is 5.56 Å². The molecule has 4 rings (SSSR count). The van der Waals surface area contributed by atoms with Crippen molar-refractivity contribution < 1.29 is 9.53 Å². The van der Waals surface area contributed by atoms with E-state index >= 15 is 0 Å².